The lowest BCUT2D eigenvalue weighted by Gasteiger charge is -2.29. The molecule has 1 atom stereocenters. The zero-order valence-corrected chi connectivity index (χ0v) is 22.2. The molecule has 10 heteroatoms. The topological polar surface area (TPSA) is 96.0 Å². The van der Waals surface area contributed by atoms with E-state index in [9.17, 15) is 18.0 Å². The predicted molar refractivity (Wildman–Crippen MR) is 139 cm³/mol. The molecule has 2 aromatic rings. The van der Waals surface area contributed by atoms with Gasteiger partial charge in [0.1, 0.15) is 11.8 Å². The molecule has 192 valence electrons. The van der Waals surface area contributed by atoms with E-state index in [-0.39, 0.29) is 37.7 Å². The summed E-state index contributed by atoms with van der Waals surface area (Å²) in [5.74, 6) is 0.110. The Morgan fingerprint density at radius 2 is 1.77 bits per heavy atom. The maximum absolute atomic E-state index is 13.2. The Balaban J connectivity index is 2.16. The van der Waals surface area contributed by atoms with Crippen molar-refractivity contribution in [1.82, 2.24) is 10.2 Å². The highest BCUT2D eigenvalue weighted by Gasteiger charge is 2.27. The van der Waals surface area contributed by atoms with Crippen LogP contribution in [0.3, 0.4) is 0 Å². The van der Waals surface area contributed by atoms with E-state index in [4.69, 9.17) is 16.3 Å². The molecule has 0 spiro atoms. The first-order valence-electron chi connectivity index (χ1n) is 11.5. The number of hydrogen-bond acceptors (Lipinski definition) is 5. The van der Waals surface area contributed by atoms with Gasteiger partial charge in [-0.15, -0.1) is 0 Å². The standard InChI is InChI=1S/C25H34ClN3O5S/c1-5-16-27-25(31)19(2)28(18-20-9-6-7-10-23(20)26)24(30)11-8-17-29(35(4,32)33)21-12-14-22(34-3)15-13-21/h6-7,9-10,12-15,19H,5,8,11,16-18H2,1-4H3,(H,27,31). The summed E-state index contributed by atoms with van der Waals surface area (Å²) in [4.78, 5) is 27.4. The number of anilines is 1. The van der Waals surface area contributed by atoms with Crippen molar-refractivity contribution in [3.8, 4) is 5.75 Å². The van der Waals surface area contributed by atoms with Gasteiger partial charge in [-0.05, 0) is 55.7 Å². The largest absolute Gasteiger partial charge is 0.497 e. The van der Waals surface area contributed by atoms with Gasteiger partial charge in [0.05, 0.1) is 19.1 Å². The van der Waals surface area contributed by atoms with Gasteiger partial charge in [0.2, 0.25) is 21.8 Å². The maximum Gasteiger partial charge on any atom is 0.242 e. The fourth-order valence-electron chi connectivity index (χ4n) is 3.54. The molecule has 0 aliphatic heterocycles. The van der Waals surface area contributed by atoms with Gasteiger partial charge in [0.25, 0.3) is 0 Å². The summed E-state index contributed by atoms with van der Waals surface area (Å²) in [7, 11) is -2.03. The summed E-state index contributed by atoms with van der Waals surface area (Å²) in [6.07, 6.45) is 2.25. The molecule has 0 aliphatic rings. The van der Waals surface area contributed by atoms with Crippen LogP contribution in [0.4, 0.5) is 5.69 Å². The van der Waals surface area contributed by atoms with Crippen LogP contribution in [0.5, 0.6) is 5.75 Å². The van der Waals surface area contributed by atoms with Crippen LogP contribution < -0.4 is 14.4 Å². The summed E-state index contributed by atoms with van der Waals surface area (Å²) in [5.41, 5.74) is 1.22. The fraction of sp³-hybridized carbons (Fsp3) is 0.440. The van der Waals surface area contributed by atoms with Crippen molar-refractivity contribution in [2.75, 3.05) is 30.8 Å². The van der Waals surface area contributed by atoms with E-state index in [1.807, 2.05) is 19.1 Å². The summed E-state index contributed by atoms with van der Waals surface area (Å²) < 4.78 is 31.2. The van der Waals surface area contributed by atoms with Crippen molar-refractivity contribution < 1.29 is 22.7 Å². The lowest BCUT2D eigenvalue weighted by molar-refractivity contribution is -0.140. The zero-order valence-electron chi connectivity index (χ0n) is 20.7. The van der Waals surface area contributed by atoms with Crippen LogP contribution in [0.25, 0.3) is 0 Å². The lowest BCUT2D eigenvalue weighted by atomic mass is 10.1. The Bertz CT molecular complexity index is 1090. The molecular formula is C25H34ClN3O5S. The van der Waals surface area contributed by atoms with E-state index in [0.717, 1.165) is 18.2 Å². The first-order chi connectivity index (χ1) is 16.6. The van der Waals surface area contributed by atoms with E-state index in [2.05, 4.69) is 5.32 Å². The normalized spacial score (nSPS) is 12.0. The van der Waals surface area contributed by atoms with Crippen molar-refractivity contribution >= 4 is 39.1 Å². The van der Waals surface area contributed by atoms with Gasteiger partial charge in [0.15, 0.2) is 0 Å². The van der Waals surface area contributed by atoms with Gasteiger partial charge in [-0.3, -0.25) is 13.9 Å². The molecule has 0 saturated heterocycles. The number of rotatable bonds is 13. The number of carbonyl (C=O) groups is 2. The highest BCUT2D eigenvalue weighted by Crippen LogP contribution is 2.23. The Hall–Kier alpha value is -2.78. The molecule has 8 nitrogen and oxygen atoms in total. The maximum atomic E-state index is 13.2. The summed E-state index contributed by atoms with van der Waals surface area (Å²) in [6.45, 7) is 4.44. The van der Waals surface area contributed by atoms with Crippen molar-refractivity contribution in [2.45, 2.75) is 45.7 Å². The number of amides is 2. The van der Waals surface area contributed by atoms with Gasteiger partial charge in [0, 0.05) is 31.1 Å². The van der Waals surface area contributed by atoms with E-state index < -0.39 is 16.1 Å². The minimum Gasteiger partial charge on any atom is -0.497 e. The molecule has 0 heterocycles. The average Bonchev–Trinajstić information content (AvgIpc) is 2.83. The average molecular weight is 524 g/mol. The van der Waals surface area contributed by atoms with Gasteiger partial charge >= 0.3 is 0 Å². The molecule has 0 aromatic heterocycles. The minimum atomic E-state index is -3.56. The Morgan fingerprint density at radius 1 is 1.11 bits per heavy atom. The van der Waals surface area contributed by atoms with Crippen LogP contribution in [-0.2, 0) is 26.2 Å². The van der Waals surface area contributed by atoms with Crippen LogP contribution in [0.1, 0.15) is 38.7 Å². The van der Waals surface area contributed by atoms with Gasteiger partial charge in [-0.2, -0.15) is 0 Å². The van der Waals surface area contributed by atoms with Gasteiger partial charge in [-0.25, -0.2) is 8.42 Å². The Morgan fingerprint density at radius 3 is 2.34 bits per heavy atom. The Labute approximate surface area is 213 Å². The number of hydrogen-bond donors (Lipinski definition) is 1. The number of nitrogens with zero attached hydrogens (tertiary/aromatic N) is 2. The molecule has 0 aliphatic carbocycles. The van der Waals surface area contributed by atoms with Crippen LogP contribution in [0.15, 0.2) is 48.5 Å². The number of nitrogens with one attached hydrogen (secondary N) is 1. The summed E-state index contributed by atoms with van der Waals surface area (Å²) >= 11 is 6.31. The number of ether oxygens (including phenoxy) is 1. The molecule has 1 unspecified atom stereocenters. The molecule has 2 rings (SSSR count). The molecule has 1 N–H and O–H groups in total. The minimum absolute atomic E-state index is 0.0675. The summed E-state index contributed by atoms with van der Waals surface area (Å²) in [5, 5.41) is 3.34. The van der Waals surface area contributed by atoms with Crippen molar-refractivity contribution in [3.05, 3.63) is 59.1 Å². The van der Waals surface area contributed by atoms with Crippen LogP contribution in [-0.4, -0.2) is 57.6 Å². The number of halogens is 1. The first-order valence-corrected chi connectivity index (χ1v) is 13.7. The van der Waals surface area contributed by atoms with Crippen LogP contribution in [0.2, 0.25) is 5.02 Å². The molecule has 2 aromatic carbocycles. The molecule has 35 heavy (non-hydrogen) atoms. The quantitative estimate of drug-likeness (QED) is 0.430. The van der Waals surface area contributed by atoms with Gasteiger partial charge in [-0.1, -0.05) is 36.7 Å². The van der Waals surface area contributed by atoms with E-state index in [0.29, 0.717) is 23.0 Å². The number of sulfonamides is 1. The molecule has 0 fully saturated rings. The van der Waals surface area contributed by atoms with E-state index >= 15 is 0 Å². The van der Waals surface area contributed by atoms with Crippen LogP contribution >= 0.6 is 11.6 Å². The molecular weight excluding hydrogens is 490 g/mol. The third-order valence-electron chi connectivity index (χ3n) is 5.53. The van der Waals surface area contributed by atoms with Crippen molar-refractivity contribution in [1.29, 1.82) is 0 Å². The van der Waals surface area contributed by atoms with Gasteiger partial charge < -0.3 is 15.0 Å². The zero-order chi connectivity index (χ0) is 26.0. The third-order valence-corrected chi connectivity index (χ3v) is 7.09. The second-order valence-corrected chi connectivity index (χ2v) is 10.5. The fourth-order valence-corrected chi connectivity index (χ4v) is 4.70. The molecule has 0 saturated carbocycles. The number of carbonyl (C=O) groups excluding carboxylic acids is 2. The van der Waals surface area contributed by atoms with E-state index in [1.165, 1.54) is 16.3 Å². The van der Waals surface area contributed by atoms with Crippen molar-refractivity contribution in [2.24, 2.45) is 0 Å². The highest BCUT2D eigenvalue weighted by atomic mass is 35.5. The lowest BCUT2D eigenvalue weighted by Crippen LogP contribution is -2.47. The second kappa shape index (κ2) is 13.3. The monoisotopic (exact) mass is 523 g/mol. The smallest absolute Gasteiger partial charge is 0.242 e. The summed E-state index contributed by atoms with van der Waals surface area (Å²) in [6, 6.07) is 13.1. The second-order valence-electron chi connectivity index (χ2n) is 8.22. The number of benzene rings is 2. The predicted octanol–water partition coefficient (Wildman–Crippen LogP) is 3.84. The van der Waals surface area contributed by atoms with Crippen molar-refractivity contribution in [3.63, 3.8) is 0 Å². The first kappa shape index (κ1) is 28.5. The SMILES string of the molecule is CCCNC(=O)C(C)N(Cc1ccccc1Cl)C(=O)CCCN(c1ccc(OC)cc1)S(C)(=O)=O. The Kier molecular flexibility index (Phi) is 10.9. The molecule has 2 amide bonds. The molecule has 0 radical (unpaired) electrons. The molecule has 0 bridgehead atoms. The number of methoxy groups -OCH3 is 1. The van der Waals surface area contributed by atoms with E-state index in [1.54, 1.807) is 43.3 Å². The van der Waals surface area contributed by atoms with Crippen LogP contribution in [0, 0.1) is 0 Å². The third kappa shape index (κ3) is 8.43. The highest BCUT2D eigenvalue weighted by molar-refractivity contribution is 7.92.